The summed E-state index contributed by atoms with van der Waals surface area (Å²) in [5.74, 6) is 0. The molecule has 3 aromatic rings. The Balaban J connectivity index is 1.11. The number of aromatic nitrogens is 1. The van der Waals surface area contributed by atoms with Gasteiger partial charge in [-0.05, 0) is 49.7 Å². The largest absolute Gasteiger partial charge is 0.369 e. The second-order valence-corrected chi connectivity index (χ2v) is 8.25. The summed E-state index contributed by atoms with van der Waals surface area (Å²) >= 11 is 6.11. The fourth-order valence-electron chi connectivity index (χ4n) is 3.88. The van der Waals surface area contributed by atoms with E-state index in [1.54, 1.807) is 6.20 Å². The molecule has 4 rings (SSSR count). The lowest BCUT2D eigenvalue weighted by Gasteiger charge is -2.36. The zero-order valence-electron chi connectivity index (χ0n) is 17.6. The number of anilines is 2. The smallest absolute Gasteiger partial charge is 0.319 e. The number of halogens is 1. The van der Waals surface area contributed by atoms with E-state index in [2.05, 4.69) is 31.5 Å². The summed E-state index contributed by atoms with van der Waals surface area (Å²) in [6, 6.07) is 17.7. The average molecular weight is 438 g/mol. The highest BCUT2D eigenvalue weighted by atomic mass is 35.5. The first-order valence-corrected chi connectivity index (χ1v) is 11.2. The Bertz CT molecular complexity index is 1020. The van der Waals surface area contributed by atoms with Gasteiger partial charge in [-0.15, -0.1) is 0 Å². The maximum Gasteiger partial charge on any atom is 0.319 e. The fourth-order valence-corrected chi connectivity index (χ4v) is 4.06. The SMILES string of the molecule is O=C(NCCCCN1CCN(c2cccc(Cl)c2)CC1)Nc1cnc2ccccc2c1. The van der Waals surface area contributed by atoms with Gasteiger partial charge in [-0.3, -0.25) is 9.88 Å². The number of carbonyl (C=O) groups excluding carboxylic acids is 1. The molecule has 0 saturated carbocycles. The molecule has 2 heterocycles. The molecule has 2 aromatic carbocycles. The van der Waals surface area contributed by atoms with Crippen LogP contribution in [0.3, 0.4) is 0 Å². The van der Waals surface area contributed by atoms with Crippen LogP contribution < -0.4 is 15.5 Å². The summed E-state index contributed by atoms with van der Waals surface area (Å²) in [5, 5.41) is 7.59. The molecule has 2 N–H and O–H groups in total. The number of hydrogen-bond donors (Lipinski definition) is 2. The topological polar surface area (TPSA) is 60.5 Å². The number of hydrogen-bond acceptors (Lipinski definition) is 4. The molecule has 2 amide bonds. The molecule has 1 fully saturated rings. The van der Waals surface area contributed by atoms with Crippen molar-refractivity contribution in [3.8, 4) is 0 Å². The van der Waals surface area contributed by atoms with Crippen LogP contribution in [-0.4, -0.2) is 55.2 Å². The molecule has 0 unspecified atom stereocenters. The van der Waals surface area contributed by atoms with Crippen molar-refractivity contribution in [1.29, 1.82) is 0 Å². The van der Waals surface area contributed by atoms with Crippen LogP contribution in [0.2, 0.25) is 5.02 Å². The number of urea groups is 1. The Morgan fingerprint density at radius 2 is 1.84 bits per heavy atom. The van der Waals surface area contributed by atoms with E-state index in [1.807, 2.05) is 48.5 Å². The molecule has 0 spiro atoms. The highest BCUT2D eigenvalue weighted by Gasteiger charge is 2.16. The zero-order chi connectivity index (χ0) is 21.5. The van der Waals surface area contributed by atoms with E-state index in [9.17, 15) is 4.79 Å². The maximum absolute atomic E-state index is 12.1. The van der Waals surface area contributed by atoms with Crippen LogP contribution >= 0.6 is 11.6 Å². The van der Waals surface area contributed by atoms with E-state index < -0.39 is 0 Å². The number of nitrogens with zero attached hydrogens (tertiary/aromatic N) is 3. The van der Waals surface area contributed by atoms with Crippen LogP contribution in [0, 0.1) is 0 Å². The van der Waals surface area contributed by atoms with Crippen LogP contribution in [0.4, 0.5) is 16.2 Å². The van der Waals surface area contributed by atoms with Gasteiger partial charge in [0.1, 0.15) is 0 Å². The summed E-state index contributed by atoms with van der Waals surface area (Å²) in [4.78, 5) is 21.4. The van der Waals surface area contributed by atoms with Gasteiger partial charge in [0.05, 0.1) is 17.4 Å². The highest BCUT2D eigenvalue weighted by molar-refractivity contribution is 6.30. The van der Waals surface area contributed by atoms with Crippen molar-refractivity contribution in [2.45, 2.75) is 12.8 Å². The van der Waals surface area contributed by atoms with Gasteiger partial charge in [-0.1, -0.05) is 35.9 Å². The number of rotatable bonds is 7. The summed E-state index contributed by atoms with van der Waals surface area (Å²) in [7, 11) is 0. The third-order valence-electron chi connectivity index (χ3n) is 5.58. The zero-order valence-corrected chi connectivity index (χ0v) is 18.3. The minimum absolute atomic E-state index is 0.188. The van der Waals surface area contributed by atoms with E-state index >= 15 is 0 Å². The Labute approximate surface area is 188 Å². The first-order chi connectivity index (χ1) is 15.2. The molecule has 1 aliphatic rings. The van der Waals surface area contributed by atoms with Gasteiger partial charge < -0.3 is 15.5 Å². The van der Waals surface area contributed by atoms with Crippen LogP contribution in [0.25, 0.3) is 10.9 Å². The highest BCUT2D eigenvalue weighted by Crippen LogP contribution is 2.21. The molecule has 0 aliphatic carbocycles. The number of piperazine rings is 1. The normalized spacial score (nSPS) is 14.5. The molecule has 1 aromatic heterocycles. The van der Waals surface area contributed by atoms with Gasteiger partial charge >= 0.3 is 6.03 Å². The van der Waals surface area contributed by atoms with Gasteiger partial charge in [-0.2, -0.15) is 0 Å². The van der Waals surface area contributed by atoms with E-state index in [1.165, 1.54) is 5.69 Å². The van der Waals surface area contributed by atoms with Gasteiger partial charge in [0.25, 0.3) is 0 Å². The predicted molar refractivity (Wildman–Crippen MR) is 128 cm³/mol. The van der Waals surface area contributed by atoms with Crippen LogP contribution in [0.5, 0.6) is 0 Å². The average Bonchev–Trinajstić information content (AvgIpc) is 2.79. The van der Waals surface area contributed by atoms with E-state index in [0.717, 1.165) is 61.5 Å². The van der Waals surface area contributed by atoms with Crippen molar-refractivity contribution in [2.24, 2.45) is 0 Å². The van der Waals surface area contributed by atoms with Crippen molar-refractivity contribution < 1.29 is 4.79 Å². The molecule has 0 radical (unpaired) electrons. The molecule has 162 valence electrons. The molecular formula is C24H28ClN5O. The quantitative estimate of drug-likeness (QED) is 0.530. The second kappa shape index (κ2) is 10.5. The van der Waals surface area contributed by atoms with Gasteiger partial charge in [-0.25, -0.2) is 4.79 Å². The third-order valence-corrected chi connectivity index (χ3v) is 5.82. The van der Waals surface area contributed by atoms with Gasteiger partial charge in [0.15, 0.2) is 0 Å². The van der Waals surface area contributed by atoms with Gasteiger partial charge in [0, 0.05) is 48.8 Å². The van der Waals surface area contributed by atoms with Gasteiger partial charge in [0.2, 0.25) is 0 Å². The van der Waals surface area contributed by atoms with Crippen LogP contribution in [-0.2, 0) is 0 Å². The molecular weight excluding hydrogens is 410 g/mol. The number of fused-ring (bicyclic) bond motifs is 1. The number of pyridine rings is 1. The first-order valence-electron chi connectivity index (χ1n) is 10.8. The monoisotopic (exact) mass is 437 g/mol. The lowest BCUT2D eigenvalue weighted by Crippen LogP contribution is -2.46. The van der Waals surface area contributed by atoms with Crippen molar-refractivity contribution >= 4 is 39.9 Å². The molecule has 31 heavy (non-hydrogen) atoms. The molecule has 6 nitrogen and oxygen atoms in total. The van der Waals surface area contributed by atoms with E-state index in [0.29, 0.717) is 12.2 Å². The number of unbranched alkanes of at least 4 members (excludes halogenated alkanes) is 1. The molecule has 0 bridgehead atoms. The molecule has 1 aliphatic heterocycles. The summed E-state index contributed by atoms with van der Waals surface area (Å²) < 4.78 is 0. The third kappa shape index (κ3) is 6.09. The standard InChI is InChI=1S/C24H28ClN5O/c25-20-7-5-8-22(17-20)30-14-12-29(13-15-30)11-4-3-10-26-24(31)28-21-16-19-6-1-2-9-23(19)27-18-21/h1-2,5-9,16-18H,3-4,10-15H2,(H2,26,28,31). The Kier molecular flexibility index (Phi) is 7.22. The summed E-state index contributed by atoms with van der Waals surface area (Å²) in [6.07, 6.45) is 3.71. The minimum atomic E-state index is -0.188. The lowest BCUT2D eigenvalue weighted by molar-refractivity contribution is 0.247. The Morgan fingerprint density at radius 3 is 2.68 bits per heavy atom. The number of benzene rings is 2. The Hall–Kier alpha value is -2.83. The van der Waals surface area contributed by atoms with Crippen LogP contribution in [0.15, 0.2) is 60.8 Å². The number of amides is 2. The van der Waals surface area contributed by atoms with Crippen LogP contribution in [0.1, 0.15) is 12.8 Å². The Morgan fingerprint density at radius 1 is 1.00 bits per heavy atom. The molecule has 1 saturated heterocycles. The lowest BCUT2D eigenvalue weighted by atomic mass is 10.2. The maximum atomic E-state index is 12.1. The minimum Gasteiger partial charge on any atom is -0.369 e. The molecule has 0 atom stereocenters. The number of carbonyl (C=O) groups is 1. The number of para-hydroxylation sites is 1. The summed E-state index contributed by atoms with van der Waals surface area (Å²) in [6.45, 7) is 5.85. The molecule has 7 heteroatoms. The first kappa shape index (κ1) is 21.4. The van der Waals surface area contributed by atoms with E-state index in [-0.39, 0.29) is 6.03 Å². The van der Waals surface area contributed by atoms with Crippen molar-refractivity contribution in [2.75, 3.05) is 49.5 Å². The van der Waals surface area contributed by atoms with Crippen molar-refractivity contribution in [3.05, 3.63) is 65.8 Å². The van der Waals surface area contributed by atoms with Crippen molar-refractivity contribution in [1.82, 2.24) is 15.2 Å². The second-order valence-electron chi connectivity index (χ2n) is 7.81. The summed E-state index contributed by atoms with van der Waals surface area (Å²) in [5.41, 5.74) is 2.82. The van der Waals surface area contributed by atoms with Crippen molar-refractivity contribution in [3.63, 3.8) is 0 Å². The number of nitrogens with one attached hydrogen (secondary N) is 2. The fraction of sp³-hybridized carbons (Fsp3) is 0.333. The van der Waals surface area contributed by atoms with E-state index in [4.69, 9.17) is 11.6 Å². The predicted octanol–water partition coefficient (Wildman–Crippen LogP) is 4.61.